The summed E-state index contributed by atoms with van der Waals surface area (Å²) in [5.41, 5.74) is -3.34. The predicted molar refractivity (Wildman–Crippen MR) is 360 cm³/mol. The first-order valence-electron chi connectivity index (χ1n) is 31.6. The number of ether oxygens (including phenoxy) is 17. The van der Waals surface area contributed by atoms with Crippen LogP contribution in [0.4, 0.5) is 0 Å². The number of carbonyl (C=O) groups excluding carboxylic acids is 12. The molecule has 0 aromatic heterocycles. The molecule has 0 aromatic rings. The maximum absolute atomic E-state index is 13.0. The van der Waals surface area contributed by atoms with Crippen LogP contribution in [-0.2, 0) is 138 Å². The zero-order valence-corrected chi connectivity index (χ0v) is 58.9. The number of hydrogen-bond acceptors (Lipinski definition) is 29. The zero-order valence-electron chi connectivity index (χ0n) is 58.9. The Morgan fingerprint density at radius 1 is 0.240 bits per heavy atom. The van der Waals surface area contributed by atoms with E-state index in [0.717, 1.165) is 24.3 Å². The zero-order chi connectivity index (χ0) is 76.0. The molecule has 0 heterocycles. The van der Waals surface area contributed by atoms with Crippen LogP contribution >= 0.6 is 0 Å². The van der Waals surface area contributed by atoms with Crippen molar-refractivity contribution in [2.75, 3.05) is 145 Å². The SMILES string of the molecule is C=C(C)C(=O)OCCCCCC(=O)OCC(COCC(COC(=O)CCCCCOC(=O)C(=C)C)(COC(=O)C(=C)C)COC(=O)C(=C)C)(COC(=O)C(=C)C)COC(=O)C(=C)C.C=CC(=O)OCCOCC(COCCOC(=O)C=C)(COCCOC(=O)C=C)COCCOC(=O)C=C. The van der Waals surface area contributed by atoms with E-state index in [-0.39, 0.29) is 139 Å². The van der Waals surface area contributed by atoms with E-state index in [9.17, 15) is 57.5 Å². The van der Waals surface area contributed by atoms with Crippen molar-refractivity contribution in [1.29, 1.82) is 0 Å². The number of rotatable bonds is 58. The van der Waals surface area contributed by atoms with E-state index in [4.69, 9.17) is 80.5 Å². The van der Waals surface area contributed by atoms with E-state index in [2.05, 4.69) is 65.8 Å². The van der Waals surface area contributed by atoms with E-state index in [1.165, 1.54) is 41.5 Å². The summed E-state index contributed by atoms with van der Waals surface area (Å²) in [7, 11) is 0. The normalized spacial score (nSPS) is 10.8. The lowest BCUT2D eigenvalue weighted by molar-refractivity contribution is -0.173. The van der Waals surface area contributed by atoms with Crippen LogP contribution in [0.15, 0.2) is 124 Å². The minimum absolute atomic E-state index is 0.00395. The third-order valence-electron chi connectivity index (χ3n) is 12.7. The molecule has 0 radical (unpaired) electrons. The van der Waals surface area contributed by atoms with E-state index >= 15 is 0 Å². The van der Waals surface area contributed by atoms with Crippen LogP contribution in [0, 0.1) is 16.2 Å². The highest BCUT2D eigenvalue weighted by molar-refractivity contribution is 5.89. The number of esters is 12. The molecule has 0 bridgehead atoms. The average Bonchev–Trinajstić information content (AvgIpc) is 1.31. The fourth-order valence-corrected chi connectivity index (χ4v) is 7.08. The Balaban J connectivity index is 0. The van der Waals surface area contributed by atoms with Gasteiger partial charge < -0.3 is 80.5 Å². The molecule has 29 heteroatoms. The van der Waals surface area contributed by atoms with Crippen LogP contribution in [0.2, 0.25) is 0 Å². The van der Waals surface area contributed by atoms with Gasteiger partial charge in [-0.05, 0) is 80.1 Å². The molecular formula is C71H102O29. The van der Waals surface area contributed by atoms with Crippen molar-refractivity contribution in [2.24, 2.45) is 16.2 Å². The molecule has 0 unspecified atom stereocenters. The number of unbranched alkanes of at least 4 members (excludes halogenated alkanes) is 4. The highest BCUT2D eigenvalue weighted by Gasteiger charge is 2.41. The first-order chi connectivity index (χ1) is 47.3. The average molecular weight is 1420 g/mol. The Bertz CT molecular complexity index is 2480. The van der Waals surface area contributed by atoms with Gasteiger partial charge in [-0.25, -0.2) is 47.9 Å². The molecule has 0 spiro atoms. The third-order valence-corrected chi connectivity index (χ3v) is 12.7. The van der Waals surface area contributed by atoms with Gasteiger partial charge in [-0.1, -0.05) is 65.8 Å². The van der Waals surface area contributed by atoms with Gasteiger partial charge in [0.2, 0.25) is 0 Å². The standard InChI is InChI=1S/C46H66O17.C25H36O12/c1-31(2)39(49)56-21-17-13-15-19-37(47)58-25-45(27-60-41(51)33(5)6,28-61-42(52)34(7)8)23-55-24-46(29-62-43(53)35(9)10,30-63-44(54)36(11)12)26-59-38(48)20-16-14-18-22-57-40(50)32(3)4;1-5-21(26)34-13-9-30-17-25(18-31-10-14-35-22(27)6-2,19-32-11-15-36-23(28)7-3)20-33-12-16-37-24(29)8-4/h1,3,5,7,9,11,13-30H2,2,4,6,8,10,12H3;5-8H,1-4,9-20H2. The van der Waals surface area contributed by atoms with Crippen molar-refractivity contribution in [3.05, 3.63) is 124 Å². The Labute approximate surface area is 585 Å². The first-order valence-corrected chi connectivity index (χ1v) is 31.6. The summed E-state index contributed by atoms with van der Waals surface area (Å²) in [6.45, 7) is 40.2. The van der Waals surface area contributed by atoms with Gasteiger partial charge >= 0.3 is 71.6 Å². The van der Waals surface area contributed by atoms with Gasteiger partial charge in [-0.15, -0.1) is 0 Å². The summed E-state index contributed by atoms with van der Waals surface area (Å²) in [5.74, 6) is -7.89. The van der Waals surface area contributed by atoms with Crippen molar-refractivity contribution >= 4 is 71.6 Å². The Hall–Kier alpha value is -9.16. The van der Waals surface area contributed by atoms with E-state index in [1.807, 2.05) is 0 Å². The van der Waals surface area contributed by atoms with Gasteiger partial charge in [0.05, 0.1) is 95.5 Å². The molecule has 0 saturated heterocycles. The monoisotopic (exact) mass is 1420 g/mol. The molecular weight excluding hydrogens is 1320 g/mol. The molecule has 0 aliphatic rings. The lowest BCUT2D eigenvalue weighted by Gasteiger charge is -2.35. The van der Waals surface area contributed by atoms with Gasteiger partial charge in [-0.2, -0.15) is 0 Å². The Morgan fingerprint density at radius 3 is 0.680 bits per heavy atom. The molecule has 100 heavy (non-hydrogen) atoms. The van der Waals surface area contributed by atoms with Gasteiger partial charge in [0.15, 0.2) is 0 Å². The lowest BCUT2D eigenvalue weighted by atomic mass is 9.90. The van der Waals surface area contributed by atoms with Crippen LogP contribution in [0.5, 0.6) is 0 Å². The van der Waals surface area contributed by atoms with Crippen molar-refractivity contribution < 1.29 is 138 Å². The Morgan fingerprint density at radius 2 is 0.450 bits per heavy atom. The minimum Gasteiger partial charge on any atom is -0.465 e. The van der Waals surface area contributed by atoms with Crippen LogP contribution in [0.1, 0.15) is 92.9 Å². The lowest BCUT2D eigenvalue weighted by Crippen LogP contribution is -2.47. The summed E-state index contributed by atoms with van der Waals surface area (Å²) in [4.78, 5) is 145. The second kappa shape index (κ2) is 54.7. The quantitative estimate of drug-likeness (QED) is 0.0260. The summed E-state index contributed by atoms with van der Waals surface area (Å²) in [5, 5.41) is 0. The molecule has 29 nitrogen and oxygen atoms in total. The molecule has 0 aromatic carbocycles. The topological polar surface area (TPSA) is 362 Å². The van der Waals surface area contributed by atoms with Crippen LogP contribution < -0.4 is 0 Å². The fraction of sp³-hybridized carbons (Fsp3) is 0.549. The van der Waals surface area contributed by atoms with Gasteiger partial charge in [0, 0.05) is 70.6 Å². The maximum atomic E-state index is 13.0. The first kappa shape index (κ1) is 92.9. The highest BCUT2D eigenvalue weighted by atomic mass is 16.6. The molecule has 0 saturated carbocycles. The van der Waals surface area contributed by atoms with Gasteiger partial charge in [0.25, 0.3) is 0 Å². The van der Waals surface area contributed by atoms with Crippen LogP contribution in [0.3, 0.4) is 0 Å². The summed E-state index contributed by atoms with van der Waals surface area (Å²) in [6, 6.07) is 0. The molecule has 0 aliphatic heterocycles. The molecule has 560 valence electrons. The van der Waals surface area contributed by atoms with Crippen molar-refractivity contribution in [2.45, 2.75) is 92.9 Å². The number of carbonyl (C=O) groups is 12. The largest absolute Gasteiger partial charge is 0.465 e. The molecule has 0 aliphatic carbocycles. The summed E-state index contributed by atoms with van der Waals surface area (Å²) >= 11 is 0. The summed E-state index contributed by atoms with van der Waals surface area (Å²) in [6.07, 6.45) is 6.82. The predicted octanol–water partition coefficient (Wildman–Crippen LogP) is 6.85. The maximum Gasteiger partial charge on any atom is 0.333 e. The number of hydrogen-bond donors (Lipinski definition) is 0. The second-order valence-electron chi connectivity index (χ2n) is 22.9. The van der Waals surface area contributed by atoms with E-state index in [1.54, 1.807) is 0 Å². The van der Waals surface area contributed by atoms with Crippen molar-refractivity contribution in [3.63, 3.8) is 0 Å². The van der Waals surface area contributed by atoms with Gasteiger partial charge in [0.1, 0.15) is 66.1 Å². The van der Waals surface area contributed by atoms with Crippen molar-refractivity contribution in [3.8, 4) is 0 Å². The van der Waals surface area contributed by atoms with Gasteiger partial charge in [-0.3, -0.25) is 9.59 Å². The molecule has 0 N–H and O–H groups in total. The Kier molecular flexibility index (Phi) is 50.8. The molecule has 0 fully saturated rings. The van der Waals surface area contributed by atoms with E-state index < -0.39 is 141 Å². The highest BCUT2D eigenvalue weighted by Crippen LogP contribution is 2.28. The molecule has 0 atom stereocenters. The van der Waals surface area contributed by atoms with Crippen LogP contribution in [0.25, 0.3) is 0 Å². The summed E-state index contributed by atoms with van der Waals surface area (Å²) < 4.78 is 91.9. The van der Waals surface area contributed by atoms with Crippen LogP contribution in [-0.4, -0.2) is 217 Å². The smallest absolute Gasteiger partial charge is 0.333 e. The molecule has 0 rings (SSSR count). The molecule has 0 amide bonds. The second-order valence-corrected chi connectivity index (χ2v) is 22.9. The fourth-order valence-electron chi connectivity index (χ4n) is 7.08. The minimum atomic E-state index is -1.58. The third kappa shape index (κ3) is 46.9. The van der Waals surface area contributed by atoms with Crippen molar-refractivity contribution in [1.82, 2.24) is 0 Å². The van der Waals surface area contributed by atoms with E-state index in [0.29, 0.717) is 38.5 Å².